The van der Waals surface area contributed by atoms with Crippen LogP contribution < -0.4 is 0 Å². The van der Waals surface area contributed by atoms with E-state index in [1.807, 2.05) is 0 Å². The number of carboxylic acids is 1. The van der Waals surface area contributed by atoms with Gasteiger partial charge in [0.2, 0.25) is 0 Å². The number of halogens is 2. The minimum Gasteiger partial charge on any atom is -0.481 e. The lowest BCUT2D eigenvalue weighted by Crippen LogP contribution is -2.26. The van der Waals surface area contributed by atoms with Gasteiger partial charge in [-0.1, -0.05) is 19.9 Å². The molecule has 1 aromatic rings. The first kappa shape index (κ1) is 13.3. The number of aliphatic carboxylic acids is 1. The van der Waals surface area contributed by atoms with Crippen LogP contribution in [0.5, 0.6) is 0 Å². The second-order valence-corrected chi connectivity index (χ2v) is 3.88. The predicted octanol–water partition coefficient (Wildman–Crippen LogP) is 2.50. The number of rotatable bonds is 4. The Labute approximate surface area is 97.1 Å². The van der Waals surface area contributed by atoms with Gasteiger partial charge in [0.15, 0.2) is 17.4 Å². The molecule has 17 heavy (non-hydrogen) atoms. The fraction of sp³-hybridized carbons (Fsp3) is 0.333. The van der Waals surface area contributed by atoms with Crippen LogP contribution in [0.2, 0.25) is 0 Å². The predicted molar refractivity (Wildman–Crippen MR) is 56.7 cm³/mol. The molecule has 2 atom stereocenters. The van der Waals surface area contributed by atoms with Gasteiger partial charge in [-0.2, -0.15) is 0 Å². The number of carbonyl (C=O) groups excluding carboxylic acids is 1. The van der Waals surface area contributed by atoms with E-state index in [4.69, 9.17) is 5.11 Å². The van der Waals surface area contributed by atoms with E-state index < -0.39 is 40.8 Å². The van der Waals surface area contributed by atoms with Crippen LogP contribution in [0.3, 0.4) is 0 Å². The van der Waals surface area contributed by atoms with E-state index in [1.165, 1.54) is 19.9 Å². The van der Waals surface area contributed by atoms with Crippen molar-refractivity contribution in [2.24, 2.45) is 11.8 Å². The molecule has 92 valence electrons. The Bertz CT molecular complexity index is 457. The standard InChI is InChI=1S/C12H12F2O3/c1-6(7(2)12(16)17)11(15)8-4-3-5-9(13)10(8)14/h3-7H,1-2H3,(H,16,17). The molecular weight excluding hydrogens is 230 g/mol. The SMILES string of the molecule is CC(C(=O)O)C(C)C(=O)c1cccc(F)c1F. The Balaban J connectivity index is 3.05. The molecule has 0 saturated heterocycles. The summed E-state index contributed by atoms with van der Waals surface area (Å²) in [4.78, 5) is 22.5. The van der Waals surface area contributed by atoms with Crippen LogP contribution in [0.1, 0.15) is 24.2 Å². The Kier molecular flexibility index (Phi) is 3.93. The molecule has 0 amide bonds. The van der Waals surface area contributed by atoms with E-state index in [-0.39, 0.29) is 0 Å². The van der Waals surface area contributed by atoms with Crippen molar-refractivity contribution < 1.29 is 23.5 Å². The highest BCUT2D eigenvalue weighted by Crippen LogP contribution is 2.20. The van der Waals surface area contributed by atoms with Gasteiger partial charge in [-0.3, -0.25) is 9.59 Å². The van der Waals surface area contributed by atoms with Gasteiger partial charge in [-0.25, -0.2) is 8.78 Å². The third-order valence-corrected chi connectivity index (χ3v) is 2.77. The molecule has 1 N–H and O–H groups in total. The molecule has 1 aromatic carbocycles. The summed E-state index contributed by atoms with van der Waals surface area (Å²) >= 11 is 0. The molecule has 1 rings (SSSR count). The highest BCUT2D eigenvalue weighted by Gasteiger charge is 2.28. The number of carbonyl (C=O) groups is 2. The van der Waals surface area contributed by atoms with Crippen LogP contribution in [-0.4, -0.2) is 16.9 Å². The Morgan fingerprint density at radius 3 is 2.29 bits per heavy atom. The summed E-state index contributed by atoms with van der Waals surface area (Å²) in [6.07, 6.45) is 0. The number of carboxylic acid groups (broad SMARTS) is 1. The van der Waals surface area contributed by atoms with Crippen molar-refractivity contribution in [3.05, 3.63) is 35.4 Å². The lowest BCUT2D eigenvalue weighted by atomic mass is 9.88. The first-order valence-corrected chi connectivity index (χ1v) is 5.07. The van der Waals surface area contributed by atoms with Gasteiger partial charge < -0.3 is 5.11 Å². The third kappa shape index (κ3) is 2.67. The largest absolute Gasteiger partial charge is 0.481 e. The summed E-state index contributed by atoms with van der Waals surface area (Å²) in [5.74, 6) is -6.08. The molecule has 3 nitrogen and oxygen atoms in total. The molecule has 5 heteroatoms. The topological polar surface area (TPSA) is 54.4 Å². The zero-order chi connectivity index (χ0) is 13.2. The van der Waals surface area contributed by atoms with E-state index in [0.29, 0.717) is 0 Å². The van der Waals surface area contributed by atoms with Crippen LogP contribution in [0.15, 0.2) is 18.2 Å². The summed E-state index contributed by atoms with van der Waals surface area (Å²) < 4.78 is 26.3. The number of Topliss-reactive ketones (excluding diaryl/α,β-unsaturated/α-hetero) is 1. The van der Waals surface area contributed by atoms with Crippen molar-refractivity contribution in [3.8, 4) is 0 Å². The third-order valence-electron chi connectivity index (χ3n) is 2.77. The smallest absolute Gasteiger partial charge is 0.306 e. The first-order chi connectivity index (χ1) is 7.86. The zero-order valence-corrected chi connectivity index (χ0v) is 9.41. The number of ketones is 1. The highest BCUT2D eigenvalue weighted by atomic mass is 19.2. The quantitative estimate of drug-likeness (QED) is 0.825. The first-order valence-electron chi connectivity index (χ1n) is 5.07. The van der Waals surface area contributed by atoms with Gasteiger partial charge in [-0.05, 0) is 12.1 Å². The van der Waals surface area contributed by atoms with Crippen molar-refractivity contribution in [1.82, 2.24) is 0 Å². The van der Waals surface area contributed by atoms with Crippen LogP contribution >= 0.6 is 0 Å². The summed E-state index contributed by atoms with van der Waals surface area (Å²) in [5, 5.41) is 8.75. The number of hydrogen-bond donors (Lipinski definition) is 1. The van der Waals surface area contributed by atoms with Crippen molar-refractivity contribution in [1.29, 1.82) is 0 Å². The van der Waals surface area contributed by atoms with Gasteiger partial charge in [0.1, 0.15) is 0 Å². The van der Waals surface area contributed by atoms with Gasteiger partial charge in [0.25, 0.3) is 0 Å². The molecule has 0 aliphatic rings. The molecule has 2 unspecified atom stereocenters. The number of hydrogen-bond acceptors (Lipinski definition) is 2. The van der Waals surface area contributed by atoms with Crippen molar-refractivity contribution >= 4 is 11.8 Å². The van der Waals surface area contributed by atoms with Crippen LogP contribution in [0.4, 0.5) is 8.78 Å². The molecule has 0 spiro atoms. The molecule has 0 bridgehead atoms. The summed E-state index contributed by atoms with van der Waals surface area (Å²) in [7, 11) is 0. The summed E-state index contributed by atoms with van der Waals surface area (Å²) in [5.41, 5.74) is -0.411. The molecule has 0 aliphatic carbocycles. The Morgan fingerprint density at radius 2 is 1.76 bits per heavy atom. The highest BCUT2D eigenvalue weighted by molar-refractivity contribution is 5.99. The van der Waals surface area contributed by atoms with Gasteiger partial charge in [0, 0.05) is 5.92 Å². The maximum absolute atomic E-state index is 13.3. The molecule has 0 aromatic heterocycles. The summed E-state index contributed by atoms with van der Waals surface area (Å²) in [6, 6.07) is 3.26. The van der Waals surface area contributed by atoms with Gasteiger partial charge in [-0.15, -0.1) is 0 Å². The average molecular weight is 242 g/mol. The maximum Gasteiger partial charge on any atom is 0.306 e. The minimum absolute atomic E-state index is 0.411. The molecule has 0 aliphatic heterocycles. The lowest BCUT2D eigenvalue weighted by Gasteiger charge is -2.15. The van der Waals surface area contributed by atoms with Crippen molar-refractivity contribution in [3.63, 3.8) is 0 Å². The van der Waals surface area contributed by atoms with Crippen LogP contribution in [0, 0.1) is 23.5 Å². The van der Waals surface area contributed by atoms with E-state index in [1.54, 1.807) is 0 Å². The van der Waals surface area contributed by atoms with Crippen LogP contribution in [-0.2, 0) is 4.79 Å². The van der Waals surface area contributed by atoms with E-state index in [9.17, 15) is 18.4 Å². The maximum atomic E-state index is 13.3. The molecule has 0 fully saturated rings. The minimum atomic E-state index is -1.23. The molecule has 0 radical (unpaired) electrons. The zero-order valence-electron chi connectivity index (χ0n) is 9.41. The average Bonchev–Trinajstić information content (AvgIpc) is 2.29. The second kappa shape index (κ2) is 5.03. The summed E-state index contributed by atoms with van der Waals surface area (Å²) in [6.45, 7) is 2.73. The van der Waals surface area contributed by atoms with Crippen LogP contribution in [0.25, 0.3) is 0 Å². The van der Waals surface area contributed by atoms with E-state index in [0.717, 1.165) is 12.1 Å². The second-order valence-electron chi connectivity index (χ2n) is 3.88. The normalized spacial score (nSPS) is 14.1. The van der Waals surface area contributed by atoms with Crippen molar-refractivity contribution in [2.45, 2.75) is 13.8 Å². The van der Waals surface area contributed by atoms with Gasteiger partial charge >= 0.3 is 5.97 Å². The van der Waals surface area contributed by atoms with E-state index >= 15 is 0 Å². The Hall–Kier alpha value is -1.78. The van der Waals surface area contributed by atoms with Crippen molar-refractivity contribution in [2.75, 3.05) is 0 Å². The number of benzene rings is 1. The Morgan fingerprint density at radius 1 is 1.18 bits per heavy atom. The molecule has 0 saturated carbocycles. The molecule has 0 heterocycles. The van der Waals surface area contributed by atoms with Gasteiger partial charge in [0.05, 0.1) is 11.5 Å². The fourth-order valence-electron chi connectivity index (χ4n) is 1.38. The monoisotopic (exact) mass is 242 g/mol. The fourth-order valence-corrected chi connectivity index (χ4v) is 1.38. The van der Waals surface area contributed by atoms with E-state index in [2.05, 4.69) is 0 Å². The lowest BCUT2D eigenvalue weighted by molar-refractivity contribution is -0.142. The molecular formula is C12H12F2O3.